The Morgan fingerprint density at radius 1 is 0.519 bits per heavy atom. The lowest BCUT2D eigenvalue weighted by molar-refractivity contribution is -0.277. The summed E-state index contributed by atoms with van der Waals surface area (Å²) in [5, 5.41) is 163. The Labute approximate surface area is 774 Å². The topological polar surface area (TPSA) is 607 Å². The number of hydrogen-bond acceptors (Lipinski definition) is 31. The van der Waals surface area contributed by atoms with Crippen LogP contribution in [-0.2, 0) is 54.3 Å². The summed E-state index contributed by atoms with van der Waals surface area (Å²) >= 11 is 14.4. The number of aliphatic hydroxyl groups is 8. The van der Waals surface area contributed by atoms with E-state index in [1.54, 1.807) is 0 Å². The molecule has 2 fully saturated rings. The Bertz CT molecular complexity index is 5350. The first kappa shape index (κ1) is 99.0. The van der Waals surface area contributed by atoms with Crippen molar-refractivity contribution >= 4 is 70.5 Å². The molecule has 8 aliphatic heterocycles. The maximum atomic E-state index is 16.9. The fourth-order valence-corrected chi connectivity index (χ4v) is 17.3. The lowest BCUT2D eigenvalue weighted by atomic mass is 9.89. The molecule has 0 spiro atoms. The summed E-state index contributed by atoms with van der Waals surface area (Å²) in [5.74, 6) is -15.5. The SMILES string of the molecule is CCCCCCCCCCCC(=O)N[C@H]1[C@H](Oc2c3cc4cc2Oc2ccc(cc2Cl)[C@@H](O)[C@@H]2NC(=O)[C@H](NC(=O)[C@@H]4NC(=O)[C@H]4NC(=O)[C@@H](Cc5ccc(cc5)O3)NC(=O)[C@@H](NC)c3ccc(O)c(c3)Oc3cc(O)c(Cl)c4c3)c3ccc(O)c(c3)-c3c(O[C@H]4O[C@H](CO)[C@@H](O)[C@H](O)[C@@H]4O)cc(O)cc3[C@H](C(=O)NCCCN(CCCN)CCCN)NC2=O)O[C@H](CO)[C@@H](O)[C@@H]1O. The van der Waals surface area contributed by atoms with Crippen LogP contribution < -0.4 is 83.0 Å². The van der Waals surface area contributed by atoms with Gasteiger partial charge in [-0.15, -0.1) is 0 Å². The van der Waals surface area contributed by atoms with E-state index in [2.05, 4.69) is 59.7 Å². The van der Waals surface area contributed by atoms with Crippen LogP contribution in [0.4, 0.5) is 0 Å². The molecule has 8 heterocycles. The molecule has 716 valence electrons. The number of rotatable bonds is 29. The highest BCUT2D eigenvalue weighted by atomic mass is 35.5. The molecule has 7 aromatic carbocycles. The van der Waals surface area contributed by atoms with Crippen LogP contribution in [0.15, 0.2) is 115 Å². The molecule has 0 saturated carbocycles. The molecule has 8 aliphatic rings. The van der Waals surface area contributed by atoms with Gasteiger partial charge in [-0.2, -0.15) is 0 Å². The van der Waals surface area contributed by atoms with Gasteiger partial charge in [-0.25, -0.2) is 0 Å². The number of nitrogens with one attached hydrogen (secondary N) is 9. The number of nitrogens with two attached hydrogens (primary N) is 2. The highest BCUT2D eigenvalue weighted by molar-refractivity contribution is 6.33. The van der Waals surface area contributed by atoms with Gasteiger partial charge in [0.2, 0.25) is 65.6 Å². The van der Waals surface area contributed by atoms with Crippen LogP contribution in [0.25, 0.3) is 11.1 Å². The number of carbonyl (C=O) groups is 8. The molecule has 7 aromatic rings. The summed E-state index contributed by atoms with van der Waals surface area (Å²) in [7, 11) is 1.44. The number of nitrogens with zero attached hydrogens (tertiary/aromatic N) is 1. The summed E-state index contributed by atoms with van der Waals surface area (Å²) in [5.41, 5.74) is 9.27. The van der Waals surface area contributed by atoms with Crippen LogP contribution in [0.5, 0.6) is 69.0 Å². The number of carbonyl (C=O) groups excluding carboxylic acids is 8. The van der Waals surface area contributed by atoms with Crippen LogP contribution >= 0.6 is 23.2 Å². The maximum absolute atomic E-state index is 16.9. The van der Waals surface area contributed by atoms with Gasteiger partial charge in [-0.1, -0.05) is 112 Å². The minimum absolute atomic E-state index is 0.0769. The minimum atomic E-state index is -2.41. The number of halogens is 2. The van der Waals surface area contributed by atoms with Gasteiger partial charge in [0.25, 0.3) is 0 Å². The second-order valence-electron chi connectivity index (χ2n) is 33.5. The standard InChI is InChI=1S/C92H112Cl2N12O27/c1-3-4-5-6-7-8-9-10-11-15-67(113)100-76-80(117)78(115)65(42-107)131-91(76)133-83-63-36-48-37-64(83)129-60-25-20-47(34-55(60)93)77(114)75-90(126)104-73(85(121)98-28-14-31-106(29-12-26-95)30-13-27-96)53-38-49(109)39-62(130-92-82(119)81(118)79(116)66(43-108)132-92)68(53)52-33-45(18-23-57(52)110)71(87(123)105-75)101-88(124)72(48)102-89(125)74-54-40-51(41-59(112)69(54)94)128-61-35-46(19-24-58(61)111)70(97-2)86(122)99-56(84(120)103-74)32-44-16-21-50(127-63)22-17-44/h16-25,33-41,56,65-66,70-82,91-92,97,107-112,114-119H,3-15,26-32,42-43,95-96H2,1-2H3,(H,98,121)(H,99,122)(H,100,113)(H,101,124)(H,102,125)(H,103,120)(H,104,126)(H,105,123)/t56-,65-,66-,70+,71-,72-,73-,74+,75+,76-,77-,78-,79-,80-,81+,82+,91+,92+/m1/s1. The van der Waals surface area contributed by atoms with Crippen LogP contribution in [0.1, 0.15) is 166 Å². The first-order chi connectivity index (χ1) is 63.9. The average Bonchev–Trinajstić information content (AvgIpc) is 0.749. The Morgan fingerprint density at radius 2 is 1.12 bits per heavy atom. The van der Waals surface area contributed by atoms with E-state index >= 15 is 28.8 Å². The Morgan fingerprint density at radius 3 is 1.80 bits per heavy atom. The van der Waals surface area contributed by atoms with Gasteiger partial charge in [-0.05, 0) is 172 Å². The van der Waals surface area contributed by atoms with E-state index in [-0.39, 0.29) is 59.9 Å². The van der Waals surface area contributed by atoms with E-state index in [4.69, 9.17) is 67.8 Å². The van der Waals surface area contributed by atoms with Crippen molar-refractivity contribution in [2.75, 3.05) is 59.5 Å². The molecule has 0 radical (unpaired) electrons. The van der Waals surface area contributed by atoms with E-state index in [9.17, 15) is 70.9 Å². The molecule has 0 unspecified atom stereocenters. The number of fused-ring (bicyclic) bond motifs is 14. The quantitative estimate of drug-likeness (QED) is 0.0297. The highest BCUT2D eigenvalue weighted by Crippen LogP contribution is 2.51. The van der Waals surface area contributed by atoms with Crippen LogP contribution in [0, 0.1) is 0 Å². The molecule has 133 heavy (non-hydrogen) atoms. The second-order valence-corrected chi connectivity index (χ2v) is 34.3. The fraction of sp³-hybridized carbons (Fsp3) is 0.457. The van der Waals surface area contributed by atoms with Gasteiger partial charge < -0.3 is 159 Å². The molecule has 39 nitrogen and oxygen atoms in total. The molecule has 41 heteroatoms. The van der Waals surface area contributed by atoms with Gasteiger partial charge in [0, 0.05) is 48.2 Å². The molecule has 15 rings (SSSR count). The molecule has 8 amide bonds. The Kier molecular flexibility index (Phi) is 33.5. The van der Waals surface area contributed by atoms with Crippen molar-refractivity contribution in [3.63, 3.8) is 0 Å². The third-order valence-electron chi connectivity index (χ3n) is 24.1. The average molecular weight is 1890 g/mol. The van der Waals surface area contributed by atoms with Crippen LogP contribution in [0.3, 0.4) is 0 Å². The fourth-order valence-electron chi connectivity index (χ4n) is 16.9. The van der Waals surface area contributed by atoms with Gasteiger partial charge in [-0.3, -0.25) is 38.4 Å². The number of likely N-dealkylation sites (N-methyl/N-ethyl adjacent to an activating group) is 1. The van der Waals surface area contributed by atoms with E-state index in [1.165, 1.54) is 61.6 Å². The first-order valence-corrected chi connectivity index (χ1v) is 45.0. The van der Waals surface area contributed by atoms with Gasteiger partial charge >= 0.3 is 0 Å². The van der Waals surface area contributed by atoms with E-state index < -0.39 is 260 Å². The largest absolute Gasteiger partial charge is 0.508 e. The van der Waals surface area contributed by atoms with Crippen molar-refractivity contribution in [2.24, 2.45) is 11.5 Å². The molecule has 0 aromatic heterocycles. The molecular formula is C92H112Cl2N12O27. The molecular weight excluding hydrogens is 1780 g/mol. The summed E-state index contributed by atoms with van der Waals surface area (Å²) in [4.78, 5) is 128. The summed E-state index contributed by atoms with van der Waals surface area (Å²) in [6.45, 7) is 2.35. The lowest BCUT2D eigenvalue weighted by Crippen LogP contribution is -2.65. The number of amides is 8. The summed E-state index contributed by atoms with van der Waals surface area (Å²) in [6.07, 6.45) is -10.5. The third kappa shape index (κ3) is 23.3. The van der Waals surface area contributed by atoms with Gasteiger partial charge in [0.15, 0.2) is 23.0 Å². The van der Waals surface area contributed by atoms with Crippen molar-refractivity contribution in [2.45, 2.75) is 207 Å². The van der Waals surface area contributed by atoms with Crippen molar-refractivity contribution in [1.29, 1.82) is 0 Å². The Hall–Kier alpha value is -11.5. The monoisotopic (exact) mass is 1890 g/mol. The number of benzene rings is 7. The normalized spacial score (nSPS) is 25.3. The molecule has 2 saturated heterocycles. The third-order valence-corrected chi connectivity index (χ3v) is 24.8. The van der Waals surface area contributed by atoms with Crippen LogP contribution in [-0.4, -0.2) is 246 Å². The van der Waals surface area contributed by atoms with Crippen LogP contribution in [0.2, 0.25) is 10.0 Å². The Balaban J connectivity index is 1.03. The number of phenols is 4. The zero-order chi connectivity index (χ0) is 95.2. The van der Waals surface area contributed by atoms with Crippen molar-refractivity contribution in [3.8, 4) is 80.1 Å². The van der Waals surface area contributed by atoms with E-state index in [0.29, 0.717) is 64.0 Å². The lowest BCUT2D eigenvalue weighted by Gasteiger charge is -2.42. The van der Waals surface area contributed by atoms with Crippen molar-refractivity contribution in [3.05, 3.63) is 164 Å². The van der Waals surface area contributed by atoms with Gasteiger partial charge in [0.05, 0.1) is 23.3 Å². The number of unbranched alkanes of at least 4 members (excludes halogenated alkanes) is 8. The highest BCUT2D eigenvalue weighted by Gasteiger charge is 2.50. The predicted molar refractivity (Wildman–Crippen MR) is 477 cm³/mol. The second kappa shape index (κ2) is 45.0. The summed E-state index contributed by atoms with van der Waals surface area (Å²) in [6, 6.07) is 6.49. The molecule has 17 bridgehead atoms. The molecule has 25 N–H and O–H groups in total. The first-order valence-electron chi connectivity index (χ1n) is 44.2. The molecule has 0 aliphatic carbocycles. The van der Waals surface area contributed by atoms with Crippen molar-refractivity contribution in [1.82, 2.24) is 52.8 Å². The van der Waals surface area contributed by atoms with E-state index in [0.717, 1.165) is 106 Å². The summed E-state index contributed by atoms with van der Waals surface area (Å²) < 4.78 is 45.1. The number of aromatic hydroxyl groups is 4. The number of ether oxygens (including phenoxy) is 7. The molecule has 18 atom stereocenters. The van der Waals surface area contributed by atoms with Gasteiger partial charge in [0.1, 0.15) is 137 Å². The van der Waals surface area contributed by atoms with Crippen molar-refractivity contribution < 1.29 is 133 Å². The smallest absolute Gasteiger partial charge is 0.248 e. The minimum Gasteiger partial charge on any atom is -0.508 e. The zero-order valence-corrected chi connectivity index (χ0v) is 74.3. The van der Waals surface area contributed by atoms with E-state index in [1.807, 2.05) is 0 Å². The zero-order valence-electron chi connectivity index (χ0n) is 72.8. The predicted octanol–water partition coefficient (Wildman–Crippen LogP) is 3.66. The number of hydrogen-bond donors (Lipinski definition) is 23. The number of aliphatic hydroxyl groups excluding tert-OH is 8. The maximum Gasteiger partial charge on any atom is 0.248 e. The number of phenolic OH excluding ortho intramolecular Hbond substituents is 4.